The smallest absolute Gasteiger partial charge is 0.251 e. The van der Waals surface area contributed by atoms with Crippen LogP contribution in [0, 0.1) is 27.7 Å². The number of amides is 1. The molecule has 142 valence electrons. The molecule has 6 nitrogen and oxygen atoms in total. The monoisotopic (exact) mass is 365 g/mol. The van der Waals surface area contributed by atoms with Crippen LogP contribution < -0.4 is 5.32 Å². The van der Waals surface area contributed by atoms with Crippen molar-refractivity contribution >= 4 is 5.91 Å². The Hall–Kier alpha value is -2.89. The van der Waals surface area contributed by atoms with E-state index in [4.69, 9.17) is 0 Å². The molecule has 0 saturated carbocycles. The van der Waals surface area contributed by atoms with Crippen LogP contribution in [-0.2, 0) is 13.0 Å². The van der Waals surface area contributed by atoms with E-state index >= 15 is 0 Å². The number of nitrogens with zero attached hydrogens (tertiary/aromatic N) is 4. The van der Waals surface area contributed by atoms with Gasteiger partial charge in [0.1, 0.15) is 0 Å². The van der Waals surface area contributed by atoms with Gasteiger partial charge in [0.15, 0.2) is 0 Å². The summed E-state index contributed by atoms with van der Waals surface area (Å²) in [6.45, 7) is 11.6. The zero-order chi connectivity index (χ0) is 19.6. The highest BCUT2D eigenvalue weighted by Crippen LogP contribution is 2.14. The van der Waals surface area contributed by atoms with E-state index in [9.17, 15) is 4.79 Å². The molecular formula is C21H27N5O. The third kappa shape index (κ3) is 3.94. The van der Waals surface area contributed by atoms with Crippen LogP contribution in [0.4, 0.5) is 0 Å². The Bertz CT molecular complexity index is 950. The average molecular weight is 365 g/mol. The SMILES string of the molecule is CCn1nc(C)c(CCNC(=O)c2ccc(-n3nc(C)cc3C)cc2)c1C. The molecule has 2 heterocycles. The lowest BCUT2D eigenvalue weighted by atomic mass is 10.1. The minimum Gasteiger partial charge on any atom is -0.352 e. The van der Waals surface area contributed by atoms with Crippen LogP contribution in [0.5, 0.6) is 0 Å². The molecular weight excluding hydrogens is 338 g/mol. The maximum atomic E-state index is 12.4. The Morgan fingerprint density at radius 2 is 1.78 bits per heavy atom. The average Bonchev–Trinajstić information content (AvgIpc) is 3.13. The largest absolute Gasteiger partial charge is 0.352 e. The Morgan fingerprint density at radius 1 is 1.07 bits per heavy atom. The molecule has 0 aliphatic carbocycles. The van der Waals surface area contributed by atoms with Crippen molar-refractivity contribution in [3.63, 3.8) is 0 Å². The fraction of sp³-hybridized carbons (Fsp3) is 0.381. The minimum absolute atomic E-state index is 0.0619. The molecule has 27 heavy (non-hydrogen) atoms. The molecule has 3 aromatic rings. The van der Waals surface area contributed by atoms with Crippen molar-refractivity contribution < 1.29 is 4.79 Å². The quantitative estimate of drug-likeness (QED) is 0.729. The molecule has 3 rings (SSSR count). The van der Waals surface area contributed by atoms with Crippen molar-refractivity contribution in [1.82, 2.24) is 24.9 Å². The minimum atomic E-state index is -0.0619. The van der Waals surface area contributed by atoms with Crippen LogP contribution in [0.25, 0.3) is 5.69 Å². The van der Waals surface area contributed by atoms with Crippen LogP contribution in [0.3, 0.4) is 0 Å². The van der Waals surface area contributed by atoms with Crippen LogP contribution in [0.2, 0.25) is 0 Å². The second kappa shape index (κ2) is 7.78. The number of nitrogens with one attached hydrogen (secondary N) is 1. The molecule has 6 heteroatoms. The second-order valence-corrected chi connectivity index (χ2v) is 6.86. The topological polar surface area (TPSA) is 64.7 Å². The van der Waals surface area contributed by atoms with E-state index in [-0.39, 0.29) is 5.91 Å². The first kappa shape index (κ1) is 18.9. The molecule has 0 spiro atoms. The lowest BCUT2D eigenvalue weighted by Crippen LogP contribution is -2.26. The zero-order valence-corrected chi connectivity index (χ0v) is 16.7. The Labute approximate surface area is 160 Å². The van der Waals surface area contributed by atoms with Gasteiger partial charge in [-0.15, -0.1) is 0 Å². The van der Waals surface area contributed by atoms with E-state index in [2.05, 4.69) is 29.4 Å². The van der Waals surface area contributed by atoms with E-state index in [1.165, 1.54) is 11.3 Å². The first-order valence-electron chi connectivity index (χ1n) is 9.35. The lowest BCUT2D eigenvalue weighted by molar-refractivity contribution is 0.0954. The number of aryl methyl sites for hydroxylation is 4. The maximum absolute atomic E-state index is 12.4. The van der Waals surface area contributed by atoms with E-state index in [0.29, 0.717) is 12.1 Å². The standard InChI is InChI=1S/C21H27N5O/c1-6-25-17(5)20(16(4)24-25)11-12-22-21(27)18-7-9-19(10-8-18)26-15(3)13-14(2)23-26/h7-10,13H,6,11-12H2,1-5H3,(H,22,27). The highest BCUT2D eigenvalue weighted by atomic mass is 16.1. The summed E-state index contributed by atoms with van der Waals surface area (Å²) < 4.78 is 3.89. The Kier molecular flexibility index (Phi) is 5.44. The third-order valence-corrected chi connectivity index (χ3v) is 4.88. The van der Waals surface area contributed by atoms with Crippen LogP contribution >= 0.6 is 0 Å². The number of benzene rings is 1. The molecule has 1 aromatic carbocycles. The molecule has 0 unspecified atom stereocenters. The van der Waals surface area contributed by atoms with Gasteiger partial charge in [0.25, 0.3) is 5.91 Å². The number of hydrogen-bond donors (Lipinski definition) is 1. The van der Waals surface area contributed by atoms with Gasteiger partial charge >= 0.3 is 0 Å². The van der Waals surface area contributed by atoms with Crippen LogP contribution in [0.1, 0.15) is 45.6 Å². The molecule has 0 atom stereocenters. The summed E-state index contributed by atoms with van der Waals surface area (Å²) in [5.41, 5.74) is 7.09. The molecule has 2 aromatic heterocycles. The fourth-order valence-corrected chi connectivity index (χ4v) is 3.45. The van der Waals surface area contributed by atoms with Crippen LogP contribution in [0.15, 0.2) is 30.3 Å². The fourth-order valence-electron chi connectivity index (χ4n) is 3.45. The highest BCUT2D eigenvalue weighted by molar-refractivity contribution is 5.94. The molecule has 0 saturated heterocycles. The summed E-state index contributed by atoms with van der Waals surface area (Å²) in [4.78, 5) is 12.4. The molecule has 0 aliphatic heterocycles. The first-order chi connectivity index (χ1) is 12.9. The molecule has 1 amide bonds. The van der Waals surface area contributed by atoms with Crippen molar-refractivity contribution in [2.24, 2.45) is 0 Å². The van der Waals surface area contributed by atoms with E-state index in [1.54, 1.807) is 0 Å². The summed E-state index contributed by atoms with van der Waals surface area (Å²) in [6.07, 6.45) is 0.785. The number of rotatable bonds is 6. The van der Waals surface area contributed by atoms with Crippen molar-refractivity contribution in [1.29, 1.82) is 0 Å². The van der Waals surface area contributed by atoms with E-state index in [0.717, 1.165) is 35.7 Å². The lowest BCUT2D eigenvalue weighted by Gasteiger charge is -2.08. The van der Waals surface area contributed by atoms with Crippen molar-refractivity contribution in [2.75, 3.05) is 6.54 Å². The van der Waals surface area contributed by atoms with Gasteiger partial charge in [0.2, 0.25) is 0 Å². The summed E-state index contributed by atoms with van der Waals surface area (Å²) in [5, 5.41) is 12.0. The van der Waals surface area contributed by atoms with Gasteiger partial charge in [-0.25, -0.2) is 4.68 Å². The van der Waals surface area contributed by atoms with Gasteiger partial charge in [-0.1, -0.05) is 0 Å². The van der Waals surface area contributed by atoms with Gasteiger partial charge in [-0.3, -0.25) is 9.48 Å². The van der Waals surface area contributed by atoms with E-state index < -0.39 is 0 Å². The van der Waals surface area contributed by atoms with Crippen molar-refractivity contribution in [3.8, 4) is 5.69 Å². The van der Waals surface area contributed by atoms with Gasteiger partial charge in [0.05, 0.1) is 17.1 Å². The van der Waals surface area contributed by atoms with Crippen LogP contribution in [-0.4, -0.2) is 32.0 Å². The maximum Gasteiger partial charge on any atom is 0.251 e. The zero-order valence-electron chi connectivity index (χ0n) is 16.7. The summed E-state index contributed by atoms with van der Waals surface area (Å²) in [7, 11) is 0. The van der Waals surface area contributed by atoms with E-state index in [1.807, 2.05) is 60.5 Å². The third-order valence-electron chi connectivity index (χ3n) is 4.88. The van der Waals surface area contributed by atoms with Gasteiger partial charge in [0, 0.05) is 30.0 Å². The summed E-state index contributed by atoms with van der Waals surface area (Å²) in [5.74, 6) is -0.0619. The van der Waals surface area contributed by atoms with Gasteiger partial charge < -0.3 is 5.32 Å². The number of aromatic nitrogens is 4. The molecule has 0 bridgehead atoms. The Balaban J connectivity index is 1.62. The van der Waals surface area contributed by atoms with Crippen molar-refractivity contribution in [2.45, 2.75) is 47.6 Å². The predicted molar refractivity (Wildman–Crippen MR) is 106 cm³/mol. The first-order valence-corrected chi connectivity index (χ1v) is 9.35. The number of carbonyl (C=O) groups excluding carboxylic acids is 1. The highest BCUT2D eigenvalue weighted by Gasteiger charge is 2.12. The molecule has 1 N–H and O–H groups in total. The summed E-state index contributed by atoms with van der Waals surface area (Å²) in [6, 6.07) is 9.56. The molecule has 0 aliphatic rings. The Morgan fingerprint density at radius 3 is 2.33 bits per heavy atom. The predicted octanol–water partition coefficient (Wildman–Crippen LogP) is 3.29. The molecule has 0 fully saturated rings. The summed E-state index contributed by atoms with van der Waals surface area (Å²) >= 11 is 0. The normalized spacial score (nSPS) is 11.0. The number of hydrogen-bond acceptors (Lipinski definition) is 3. The van der Waals surface area contributed by atoms with Gasteiger partial charge in [-0.2, -0.15) is 10.2 Å². The van der Waals surface area contributed by atoms with Gasteiger partial charge in [-0.05, 0) is 76.9 Å². The molecule has 0 radical (unpaired) electrons. The number of carbonyl (C=O) groups is 1. The van der Waals surface area contributed by atoms with Crippen molar-refractivity contribution in [3.05, 3.63) is 64.2 Å². The second-order valence-electron chi connectivity index (χ2n) is 6.86.